The number of benzene rings is 2. The minimum Gasteiger partial charge on any atom is -0.492 e. The lowest BCUT2D eigenvalue weighted by Crippen LogP contribution is -2.54. The molecule has 29 heavy (non-hydrogen) atoms. The highest BCUT2D eigenvalue weighted by atomic mass is 16.5. The number of imide groups is 2. The van der Waals surface area contributed by atoms with Gasteiger partial charge in [-0.1, -0.05) is 30.3 Å². The highest BCUT2D eigenvalue weighted by Gasteiger charge is 2.38. The number of anilines is 1. The van der Waals surface area contributed by atoms with E-state index in [9.17, 15) is 14.4 Å². The van der Waals surface area contributed by atoms with Crippen LogP contribution in [0.3, 0.4) is 0 Å². The van der Waals surface area contributed by atoms with E-state index in [4.69, 9.17) is 4.74 Å². The topological polar surface area (TPSA) is 80.6 Å². The number of ether oxygens (including phenoxy) is 1. The third-order valence-electron chi connectivity index (χ3n) is 4.74. The molecule has 1 aromatic heterocycles. The smallest absolute Gasteiger partial charge is 0.336 e. The number of carbonyl (C=O) groups is 3. The second-order valence-electron chi connectivity index (χ2n) is 6.57. The molecule has 4 amide bonds. The van der Waals surface area contributed by atoms with Gasteiger partial charge in [-0.2, -0.15) is 0 Å². The number of hydrogen-bond acceptors (Lipinski definition) is 4. The molecule has 0 radical (unpaired) electrons. The van der Waals surface area contributed by atoms with Gasteiger partial charge in [0, 0.05) is 29.7 Å². The third-order valence-corrected chi connectivity index (χ3v) is 4.74. The SMILES string of the molecule is CCOc1ccccc1N1C(=O)NC(=O)C(=Cc2cn(C)c3ccccc23)C1=O. The maximum atomic E-state index is 13.2. The van der Waals surface area contributed by atoms with Crippen LogP contribution in [-0.4, -0.2) is 29.0 Å². The summed E-state index contributed by atoms with van der Waals surface area (Å²) in [6.07, 6.45) is 3.36. The summed E-state index contributed by atoms with van der Waals surface area (Å²) in [4.78, 5) is 39.0. The zero-order chi connectivity index (χ0) is 20.5. The molecule has 0 atom stereocenters. The van der Waals surface area contributed by atoms with Gasteiger partial charge < -0.3 is 9.30 Å². The molecule has 7 nitrogen and oxygen atoms in total. The number of amides is 4. The van der Waals surface area contributed by atoms with E-state index in [0.717, 1.165) is 15.8 Å². The largest absolute Gasteiger partial charge is 0.492 e. The Morgan fingerprint density at radius 3 is 2.55 bits per heavy atom. The van der Waals surface area contributed by atoms with Crippen molar-refractivity contribution >= 4 is 40.5 Å². The summed E-state index contributed by atoms with van der Waals surface area (Å²) >= 11 is 0. The number of barbiturate groups is 1. The molecule has 0 spiro atoms. The molecule has 0 aliphatic carbocycles. The minimum absolute atomic E-state index is 0.118. The summed E-state index contributed by atoms with van der Waals surface area (Å²) in [5.74, 6) is -1.03. The number of aryl methyl sites for hydroxylation is 1. The second-order valence-corrected chi connectivity index (χ2v) is 6.57. The second kappa shape index (κ2) is 7.27. The molecular weight excluding hydrogens is 370 g/mol. The van der Waals surface area contributed by atoms with Crippen molar-refractivity contribution in [2.24, 2.45) is 7.05 Å². The number of nitrogens with one attached hydrogen (secondary N) is 1. The molecule has 4 rings (SSSR count). The fourth-order valence-electron chi connectivity index (χ4n) is 3.44. The first-order valence-electron chi connectivity index (χ1n) is 9.18. The maximum absolute atomic E-state index is 13.2. The van der Waals surface area contributed by atoms with E-state index in [1.165, 1.54) is 6.08 Å². The van der Waals surface area contributed by atoms with Gasteiger partial charge in [-0.3, -0.25) is 14.9 Å². The van der Waals surface area contributed by atoms with E-state index in [-0.39, 0.29) is 11.3 Å². The number of nitrogens with zero attached hydrogens (tertiary/aromatic N) is 2. The molecule has 1 N–H and O–H groups in total. The van der Waals surface area contributed by atoms with E-state index in [0.29, 0.717) is 17.9 Å². The highest BCUT2D eigenvalue weighted by molar-refractivity contribution is 6.39. The zero-order valence-corrected chi connectivity index (χ0v) is 16.0. The molecule has 0 unspecified atom stereocenters. The first-order valence-corrected chi connectivity index (χ1v) is 9.18. The molecule has 1 fully saturated rings. The van der Waals surface area contributed by atoms with Crippen LogP contribution in [0.2, 0.25) is 0 Å². The van der Waals surface area contributed by atoms with Crippen LogP contribution in [0.15, 0.2) is 60.3 Å². The van der Waals surface area contributed by atoms with Crippen LogP contribution in [-0.2, 0) is 16.6 Å². The number of hydrogen-bond donors (Lipinski definition) is 1. The molecule has 0 bridgehead atoms. The highest BCUT2D eigenvalue weighted by Crippen LogP contribution is 2.31. The molecule has 0 saturated carbocycles. The fourth-order valence-corrected chi connectivity index (χ4v) is 3.44. The van der Waals surface area contributed by atoms with E-state index < -0.39 is 17.8 Å². The van der Waals surface area contributed by atoms with Crippen LogP contribution >= 0.6 is 0 Å². The van der Waals surface area contributed by atoms with Crippen molar-refractivity contribution in [1.82, 2.24) is 9.88 Å². The van der Waals surface area contributed by atoms with Gasteiger partial charge in [0.05, 0.1) is 12.3 Å². The molecule has 1 aliphatic rings. The van der Waals surface area contributed by atoms with Crippen LogP contribution < -0.4 is 15.0 Å². The van der Waals surface area contributed by atoms with E-state index in [2.05, 4.69) is 5.32 Å². The van der Waals surface area contributed by atoms with Gasteiger partial charge in [-0.25, -0.2) is 9.69 Å². The summed E-state index contributed by atoms with van der Waals surface area (Å²) in [5, 5.41) is 3.15. The number of aromatic nitrogens is 1. The van der Waals surface area contributed by atoms with Crippen molar-refractivity contribution in [3.8, 4) is 5.75 Å². The van der Waals surface area contributed by atoms with Gasteiger partial charge in [0.25, 0.3) is 11.8 Å². The summed E-state index contributed by atoms with van der Waals surface area (Å²) in [7, 11) is 1.89. The average molecular weight is 389 g/mol. The van der Waals surface area contributed by atoms with E-state index >= 15 is 0 Å². The Bertz CT molecular complexity index is 1180. The molecule has 2 heterocycles. The van der Waals surface area contributed by atoms with Crippen LogP contribution in [0.4, 0.5) is 10.5 Å². The van der Waals surface area contributed by atoms with Gasteiger partial charge in [0.1, 0.15) is 11.3 Å². The summed E-state index contributed by atoms with van der Waals surface area (Å²) in [5.41, 5.74) is 1.85. The summed E-state index contributed by atoms with van der Waals surface area (Å²) in [6.45, 7) is 2.18. The lowest BCUT2D eigenvalue weighted by Gasteiger charge is -2.27. The number of fused-ring (bicyclic) bond motifs is 1. The Morgan fingerprint density at radius 1 is 1.03 bits per heavy atom. The Balaban J connectivity index is 1.81. The molecule has 2 aromatic carbocycles. The van der Waals surface area contributed by atoms with Crippen molar-refractivity contribution in [3.05, 3.63) is 65.9 Å². The van der Waals surface area contributed by atoms with Gasteiger partial charge in [-0.15, -0.1) is 0 Å². The molecule has 7 heteroatoms. The van der Waals surface area contributed by atoms with Crippen LogP contribution in [0.1, 0.15) is 12.5 Å². The van der Waals surface area contributed by atoms with Crippen LogP contribution in [0.25, 0.3) is 17.0 Å². The van der Waals surface area contributed by atoms with Crippen molar-refractivity contribution in [1.29, 1.82) is 0 Å². The quantitative estimate of drug-likeness (QED) is 0.549. The van der Waals surface area contributed by atoms with Gasteiger partial charge in [0.2, 0.25) is 0 Å². The third kappa shape index (κ3) is 3.16. The Hall–Kier alpha value is -3.87. The number of carbonyl (C=O) groups excluding carboxylic acids is 3. The van der Waals surface area contributed by atoms with Gasteiger partial charge >= 0.3 is 6.03 Å². The van der Waals surface area contributed by atoms with Crippen LogP contribution in [0.5, 0.6) is 5.75 Å². The average Bonchev–Trinajstić information content (AvgIpc) is 3.02. The van der Waals surface area contributed by atoms with Crippen molar-refractivity contribution in [2.45, 2.75) is 6.92 Å². The lowest BCUT2D eigenvalue weighted by atomic mass is 10.1. The molecule has 146 valence electrons. The maximum Gasteiger partial charge on any atom is 0.336 e. The number of urea groups is 1. The molecule has 1 saturated heterocycles. The first kappa shape index (κ1) is 18.5. The Labute approximate surface area is 167 Å². The van der Waals surface area contributed by atoms with Gasteiger partial charge in [-0.05, 0) is 31.2 Å². The number of rotatable bonds is 4. The lowest BCUT2D eigenvalue weighted by molar-refractivity contribution is -0.122. The zero-order valence-electron chi connectivity index (χ0n) is 16.0. The first-order chi connectivity index (χ1) is 14.0. The van der Waals surface area contributed by atoms with E-state index in [1.54, 1.807) is 24.3 Å². The van der Waals surface area contributed by atoms with Crippen molar-refractivity contribution in [3.63, 3.8) is 0 Å². The van der Waals surface area contributed by atoms with Crippen molar-refractivity contribution < 1.29 is 19.1 Å². The monoisotopic (exact) mass is 389 g/mol. The molecular formula is C22H19N3O4. The molecule has 1 aliphatic heterocycles. The standard InChI is InChI=1S/C22H19N3O4/c1-3-29-19-11-7-6-10-18(19)25-21(27)16(20(26)23-22(25)28)12-14-13-24(2)17-9-5-4-8-15(14)17/h4-13H,3H2,1-2H3,(H,23,26,28). The predicted molar refractivity (Wildman–Crippen MR) is 110 cm³/mol. The normalized spacial score (nSPS) is 15.9. The predicted octanol–water partition coefficient (Wildman–Crippen LogP) is 3.24. The number of para-hydroxylation sites is 3. The van der Waals surface area contributed by atoms with Crippen LogP contribution in [0, 0.1) is 0 Å². The Kier molecular flexibility index (Phi) is 4.64. The molecule has 3 aromatic rings. The minimum atomic E-state index is -0.803. The Morgan fingerprint density at radius 2 is 1.76 bits per heavy atom. The summed E-state index contributed by atoms with van der Waals surface area (Å²) in [6, 6.07) is 13.6. The fraction of sp³-hybridized carbons (Fsp3) is 0.136. The summed E-state index contributed by atoms with van der Waals surface area (Å²) < 4.78 is 7.46. The van der Waals surface area contributed by atoms with Crippen molar-refractivity contribution in [2.75, 3.05) is 11.5 Å². The van der Waals surface area contributed by atoms with Gasteiger partial charge in [0.15, 0.2) is 0 Å². The van der Waals surface area contributed by atoms with E-state index in [1.807, 2.05) is 49.0 Å².